The number of anilines is 1. The predicted octanol–water partition coefficient (Wildman–Crippen LogP) is 2.52. The van der Waals surface area contributed by atoms with Crippen LogP contribution < -0.4 is 11.1 Å². The first kappa shape index (κ1) is 13.4. The summed E-state index contributed by atoms with van der Waals surface area (Å²) in [5.41, 5.74) is 4.40. The van der Waals surface area contributed by atoms with E-state index in [-0.39, 0.29) is 23.1 Å². The SMILES string of the molecule is NC(CNc1cc(C(F)(F)F)ccc1Cl)=NO. The molecule has 0 aromatic heterocycles. The molecule has 8 heteroatoms. The Morgan fingerprint density at radius 1 is 1.47 bits per heavy atom. The van der Waals surface area contributed by atoms with Gasteiger partial charge in [-0.2, -0.15) is 13.2 Å². The number of rotatable bonds is 3. The molecule has 0 aliphatic heterocycles. The van der Waals surface area contributed by atoms with Gasteiger partial charge in [-0.3, -0.25) is 0 Å². The normalized spacial score (nSPS) is 12.6. The van der Waals surface area contributed by atoms with Crippen molar-refractivity contribution in [3.8, 4) is 0 Å². The number of nitrogens with two attached hydrogens (primary N) is 1. The first-order valence-corrected chi connectivity index (χ1v) is 4.79. The topological polar surface area (TPSA) is 70.6 Å². The van der Waals surface area contributed by atoms with E-state index >= 15 is 0 Å². The molecule has 0 spiro atoms. The van der Waals surface area contributed by atoms with Crippen LogP contribution in [0.25, 0.3) is 0 Å². The Hall–Kier alpha value is -1.63. The Kier molecular flexibility index (Phi) is 4.06. The van der Waals surface area contributed by atoms with Gasteiger partial charge in [0.1, 0.15) is 0 Å². The Morgan fingerprint density at radius 2 is 2.12 bits per heavy atom. The Bertz CT molecular complexity index is 434. The fraction of sp³-hybridized carbons (Fsp3) is 0.222. The largest absolute Gasteiger partial charge is 0.416 e. The van der Waals surface area contributed by atoms with Crippen molar-refractivity contribution in [3.63, 3.8) is 0 Å². The molecule has 17 heavy (non-hydrogen) atoms. The summed E-state index contributed by atoms with van der Waals surface area (Å²) < 4.78 is 37.2. The van der Waals surface area contributed by atoms with Crippen molar-refractivity contribution >= 4 is 23.1 Å². The van der Waals surface area contributed by atoms with Crippen LogP contribution in [-0.2, 0) is 6.18 Å². The van der Waals surface area contributed by atoms with Crippen LogP contribution in [0, 0.1) is 0 Å². The van der Waals surface area contributed by atoms with Crippen LogP contribution in [0.4, 0.5) is 18.9 Å². The van der Waals surface area contributed by atoms with Crippen molar-refractivity contribution in [1.82, 2.24) is 0 Å². The molecule has 94 valence electrons. The molecule has 1 rings (SSSR count). The van der Waals surface area contributed by atoms with Gasteiger partial charge in [0.15, 0.2) is 5.84 Å². The van der Waals surface area contributed by atoms with Gasteiger partial charge < -0.3 is 16.3 Å². The Balaban J connectivity index is 2.91. The number of hydrogen-bond acceptors (Lipinski definition) is 3. The number of alkyl halides is 3. The van der Waals surface area contributed by atoms with Crippen LogP contribution >= 0.6 is 11.6 Å². The zero-order valence-electron chi connectivity index (χ0n) is 8.42. The summed E-state index contributed by atoms with van der Waals surface area (Å²) in [7, 11) is 0. The highest BCUT2D eigenvalue weighted by molar-refractivity contribution is 6.33. The molecule has 0 unspecified atom stereocenters. The average molecular weight is 268 g/mol. The van der Waals surface area contributed by atoms with Crippen LogP contribution in [0.1, 0.15) is 5.56 Å². The molecule has 0 aliphatic carbocycles. The number of benzene rings is 1. The van der Waals surface area contributed by atoms with Crippen molar-refractivity contribution in [3.05, 3.63) is 28.8 Å². The molecule has 1 aromatic carbocycles. The molecule has 0 saturated heterocycles. The van der Waals surface area contributed by atoms with Gasteiger partial charge in [-0.05, 0) is 18.2 Å². The Morgan fingerprint density at radius 3 is 2.65 bits per heavy atom. The maximum absolute atomic E-state index is 12.4. The number of nitrogens with zero attached hydrogens (tertiary/aromatic N) is 1. The van der Waals surface area contributed by atoms with E-state index in [1.165, 1.54) is 0 Å². The summed E-state index contributed by atoms with van der Waals surface area (Å²) in [6.07, 6.45) is -4.45. The van der Waals surface area contributed by atoms with Gasteiger partial charge in [-0.15, -0.1) is 0 Å². The minimum atomic E-state index is -4.45. The highest BCUT2D eigenvalue weighted by Gasteiger charge is 2.30. The standard InChI is InChI=1S/C9H9ClF3N3O/c10-6-2-1-5(9(11,12)13)3-7(6)15-4-8(14)16-17/h1-3,15,17H,4H2,(H2,14,16). The van der Waals surface area contributed by atoms with E-state index in [9.17, 15) is 13.2 Å². The summed E-state index contributed by atoms with van der Waals surface area (Å²) in [4.78, 5) is 0. The van der Waals surface area contributed by atoms with E-state index in [1.54, 1.807) is 0 Å². The minimum Gasteiger partial charge on any atom is -0.409 e. The number of oxime groups is 1. The first-order chi connectivity index (χ1) is 7.84. The molecule has 0 aliphatic rings. The quantitative estimate of drug-likeness (QED) is 0.341. The lowest BCUT2D eigenvalue weighted by Crippen LogP contribution is -2.22. The van der Waals surface area contributed by atoms with E-state index in [0.717, 1.165) is 18.2 Å². The van der Waals surface area contributed by atoms with Gasteiger partial charge in [0.25, 0.3) is 0 Å². The van der Waals surface area contributed by atoms with Gasteiger partial charge in [0.05, 0.1) is 22.8 Å². The fourth-order valence-corrected chi connectivity index (χ4v) is 1.24. The molecule has 0 radical (unpaired) electrons. The van der Waals surface area contributed by atoms with Gasteiger partial charge in [-0.25, -0.2) is 0 Å². The first-order valence-electron chi connectivity index (χ1n) is 4.41. The van der Waals surface area contributed by atoms with Gasteiger partial charge in [0.2, 0.25) is 0 Å². The van der Waals surface area contributed by atoms with E-state index in [0.29, 0.717) is 0 Å². The van der Waals surface area contributed by atoms with Gasteiger partial charge >= 0.3 is 6.18 Å². The molecular weight excluding hydrogens is 259 g/mol. The average Bonchev–Trinajstić information content (AvgIpc) is 2.26. The van der Waals surface area contributed by atoms with E-state index < -0.39 is 11.7 Å². The maximum atomic E-state index is 12.4. The summed E-state index contributed by atoms with van der Waals surface area (Å²) >= 11 is 5.70. The molecule has 0 atom stereocenters. The maximum Gasteiger partial charge on any atom is 0.416 e. The fourth-order valence-electron chi connectivity index (χ4n) is 1.06. The van der Waals surface area contributed by atoms with Crippen LogP contribution in [0.5, 0.6) is 0 Å². The molecule has 0 saturated carbocycles. The monoisotopic (exact) mass is 267 g/mol. The zero-order valence-corrected chi connectivity index (χ0v) is 9.18. The van der Waals surface area contributed by atoms with Crippen molar-refractivity contribution in [2.24, 2.45) is 10.9 Å². The summed E-state index contributed by atoms with van der Waals surface area (Å²) in [5, 5.41) is 13.6. The molecule has 0 fully saturated rings. The smallest absolute Gasteiger partial charge is 0.409 e. The number of hydrogen-bond donors (Lipinski definition) is 3. The molecule has 0 bridgehead atoms. The molecular formula is C9H9ClF3N3O. The second-order valence-corrected chi connectivity index (χ2v) is 3.54. The van der Waals surface area contributed by atoms with Crippen molar-refractivity contribution in [2.75, 3.05) is 11.9 Å². The number of halogens is 4. The van der Waals surface area contributed by atoms with Crippen molar-refractivity contribution in [2.45, 2.75) is 6.18 Å². The van der Waals surface area contributed by atoms with Crippen molar-refractivity contribution < 1.29 is 18.4 Å². The molecule has 1 aromatic rings. The number of nitrogens with one attached hydrogen (secondary N) is 1. The van der Waals surface area contributed by atoms with E-state index in [4.69, 9.17) is 22.5 Å². The van der Waals surface area contributed by atoms with Crippen LogP contribution in [0.3, 0.4) is 0 Å². The second kappa shape index (κ2) is 5.13. The van der Waals surface area contributed by atoms with E-state index in [1.807, 2.05) is 0 Å². The third kappa shape index (κ3) is 3.70. The summed E-state index contributed by atoms with van der Waals surface area (Å²) in [6.45, 7) is -0.114. The lowest BCUT2D eigenvalue weighted by atomic mass is 10.2. The predicted molar refractivity (Wildman–Crippen MR) is 58.4 cm³/mol. The molecule has 0 amide bonds. The van der Waals surface area contributed by atoms with Crippen molar-refractivity contribution in [1.29, 1.82) is 0 Å². The summed E-state index contributed by atoms with van der Waals surface area (Å²) in [6, 6.07) is 2.85. The second-order valence-electron chi connectivity index (χ2n) is 3.14. The zero-order chi connectivity index (χ0) is 13.1. The summed E-state index contributed by atoms with van der Waals surface area (Å²) in [5.74, 6) is -0.168. The third-order valence-corrected chi connectivity index (χ3v) is 2.21. The van der Waals surface area contributed by atoms with Crippen LogP contribution in [0.2, 0.25) is 5.02 Å². The number of amidine groups is 1. The molecule has 4 nitrogen and oxygen atoms in total. The lowest BCUT2D eigenvalue weighted by Gasteiger charge is -2.11. The van der Waals surface area contributed by atoms with Gasteiger partial charge in [0, 0.05) is 0 Å². The van der Waals surface area contributed by atoms with Crippen LogP contribution in [0.15, 0.2) is 23.4 Å². The van der Waals surface area contributed by atoms with Crippen LogP contribution in [-0.4, -0.2) is 17.6 Å². The van der Waals surface area contributed by atoms with Gasteiger partial charge in [-0.1, -0.05) is 16.8 Å². The van der Waals surface area contributed by atoms with E-state index in [2.05, 4.69) is 10.5 Å². The Labute approximate surface area is 99.9 Å². The third-order valence-electron chi connectivity index (χ3n) is 1.88. The highest BCUT2D eigenvalue weighted by Crippen LogP contribution is 2.33. The lowest BCUT2D eigenvalue weighted by molar-refractivity contribution is -0.137. The molecule has 0 heterocycles. The molecule has 4 N–H and O–H groups in total. The minimum absolute atomic E-state index is 0.0630. The highest BCUT2D eigenvalue weighted by atomic mass is 35.5.